The zero-order chi connectivity index (χ0) is 17.6. The number of piperidine rings is 1. The van der Waals surface area contributed by atoms with E-state index in [4.69, 9.17) is 0 Å². The lowest BCUT2D eigenvalue weighted by atomic mass is 9.91. The van der Waals surface area contributed by atoms with Gasteiger partial charge < -0.3 is 5.32 Å². The van der Waals surface area contributed by atoms with E-state index in [9.17, 15) is 9.18 Å². The summed E-state index contributed by atoms with van der Waals surface area (Å²) in [6.07, 6.45) is 4.90. The summed E-state index contributed by atoms with van der Waals surface area (Å²) in [6, 6.07) is 6.37. The van der Waals surface area contributed by atoms with Crippen LogP contribution in [0.3, 0.4) is 0 Å². The molecule has 24 heavy (non-hydrogen) atoms. The minimum atomic E-state index is -0.239. The third-order valence-electron chi connectivity index (χ3n) is 5.22. The van der Waals surface area contributed by atoms with E-state index in [2.05, 4.69) is 31.0 Å². The number of hydrogen-bond donors (Lipinski definition) is 1. The fraction of sp³-hybridized carbons (Fsp3) is 0.650. The van der Waals surface area contributed by atoms with E-state index < -0.39 is 0 Å². The Bertz CT molecular complexity index is 527. The van der Waals surface area contributed by atoms with E-state index in [1.54, 1.807) is 12.1 Å². The molecule has 2 rings (SSSR count). The molecule has 134 valence electrons. The lowest BCUT2D eigenvalue weighted by molar-refractivity contribution is -0.121. The summed E-state index contributed by atoms with van der Waals surface area (Å²) in [6.45, 7) is 9.62. The van der Waals surface area contributed by atoms with Gasteiger partial charge in [0.2, 0.25) is 5.91 Å². The van der Waals surface area contributed by atoms with Crippen molar-refractivity contribution in [2.45, 2.75) is 58.4 Å². The molecule has 1 saturated heterocycles. The molecule has 1 N–H and O–H groups in total. The Morgan fingerprint density at radius 1 is 1.33 bits per heavy atom. The van der Waals surface area contributed by atoms with Gasteiger partial charge in [-0.3, -0.25) is 9.69 Å². The van der Waals surface area contributed by atoms with Gasteiger partial charge in [-0.2, -0.15) is 0 Å². The summed E-state index contributed by atoms with van der Waals surface area (Å²) in [5, 5.41) is 3.08. The molecule has 1 fully saturated rings. The molecule has 4 heteroatoms. The van der Waals surface area contributed by atoms with Crippen LogP contribution in [0.4, 0.5) is 4.39 Å². The normalized spacial score (nSPS) is 19.2. The Morgan fingerprint density at radius 2 is 2.04 bits per heavy atom. The summed E-state index contributed by atoms with van der Waals surface area (Å²) >= 11 is 0. The highest BCUT2D eigenvalue weighted by Crippen LogP contribution is 2.25. The van der Waals surface area contributed by atoms with Gasteiger partial charge in [-0.25, -0.2) is 4.39 Å². The number of likely N-dealkylation sites (tertiary alicyclic amines) is 1. The molecule has 1 aromatic rings. The second-order valence-electron chi connectivity index (χ2n) is 7.58. The molecular formula is C20H31FN2O. The van der Waals surface area contributed by atoms with Gasteiger partial charge in [-0.1, -0.05) is 25.5 Å². The number of hydrogen-bond acceptors (Lipinski definition) is 2. The van der Waals surface area contributed by atoms with Crippen molar-refractivity contribution in [2.24, 2.45) is 5.92 Å². The van der Waals surface area contributed by atoms with Crippen molar-refractivity contribution in [1.82, 2.24) is 10.2 Å². The number of carbonyl (C=O) groups is 1. The van der Waals surface area contributed by atoms with E-state index >= 15 is 0 Å². The molecule has 1 aromatic carbocycles. The number of amides is 1. The first-order valence-electron chi connectivity index (χ1n) is 9.17. The van der Waals surface area contributed by atoms with Gasteiger partial charge in [0.25, 0.3) is 0 Å². The largest absolute Gasteiger partial charge is 0.354 e. The monoisotopic (exact) mass is 334 g/mol. The van der Waals surface area contributed by atoms with E-state index in [-0.39, 0.29) is 17.3 Å². The van der Waals surface area contributed by atoms with Crippen LogP contribution in [0.2, 0.25) is 0 Å². The second-order valence-corrected chi connectivity index (χ2v) is 7.58. The zero-order valence-corrected chi connectivity index (χ0v) is 15.3. The smallest absolute Gasteiger partial charge is 0.220 e. The predicted octanol–water partition coefficient (Wildman–Crippen LogP) is 3.78. The predicted molar refractivity (Wildman–Crippen MR) is 96.4 cm³/mol. The van der Waals surface area contributed by atoms with Crippen molar-refractivity contribution in [3.05, 3.63) is 35.6 Å². The van der Waals surface area contributed by atoms with Crippen LogP contribution in [0.5, 0.6) is 0 Å². The van der Waals surface area contributed by atoms with Crippen molar-refractivity contribution in [3.63, 3.8) is 0 Å². The SMILES string of the molecule is CCC1CCCN(C(C)(C)CNC(=O)CCc2ccc(F)cc2)C1. The Kier molecular flexibility index (Phi) is 6.79. The molecule has 3 nitrogen and oxygen atoms in total. The van der Waals surface area contributed by atoms with Crippen LogP contribution >= 0.6 is 0 Å². The first-order valence-corrected chi connectivity index (χ1v) is 9.17. The summed E-state index contributed by atoms with van der Waals surface area (Å²) in [5.74, 6) is 0.612. The van der Waals surface area contributed by atoms with Crippen LogP contribution in [0.1, 0.15) is 52.0 Å². The molecule has 1 amide bonds. The van der Waals surface area contributed by atoms with E-state index in [1.165, 1.54) is 31.4 Å². The second kappa shape index (κ2) is 8.61. The molecule has 1 atom stereocenters. The molecule has 1 aliphatic heterocycles. The van der Waals surface area contributed by atoms with Crippen LogP contribution in [-0.4, -0.2) is 36.0 Å². The van der Waals surface area contributed by atoms with Gasteiger partial charge in [0, 0.05) is 25.0 Å². The Morgan fingerprint density at radius 3 is 2.71 bits per heavy atom. The van der Waals surface area contributed by atoms with Gasteiger partial charge in [-0.15, -0.1) is 0 Å². The van der Waals surface area contributed by atoms with Crippen LogP contribution < -0.4 is 5.32 Å². The Labute approximate surface area is 145 Å². The van der Waals surface area contributed by atoms with E-state index in [0.29, 0.717) is 19.4 Å². The third-order valence-corrected chi connectivity index (χ3v) is 5.22. The summed E-state index contributed by atoms with van der Waals surface area (Å²) < 4.78 is 12.9. The molecule has 0 saturated carbocycles. The molecule has 0 bridgehead atoms. The minimum Gasteiger partial charge on any atom is -0.354 e. The topological polar surface area (TPSA) is 32.3 Å². The Hall–Kier alpha value is -1.42. The maximum absolute atomic E-state index is 12.9. The van der Waals surface area contributed by atoms with E-state index in [0.717, 1.165) is 24.6 Å². The van der Waals surface area contributed by atoms with Gasteiger partial charge in [-0.05, 0) is 63.3 Å². The number of benzene rings is 1. The number of carbonyl (C=O) groups excluding carboxylic acids is 1. The highest BCUT2D eigenvalue weighted by atomic mass is 19.1. The Balaban J connectivity index is 1.76. The zero-order valence-electron chi connectivity index (χ0n) is 15.3. The molecule has 0 spiro atoms. The first-order chi connectivity index (χ1) is 11.4. The third kappa shape index (κ3) is 5.59. The summed E-state index contributed by atoms with van der Waals surface area (Å²) in [4.78, 5) is 14.6. The molecule has 0 radical (unpaired) electrons. The minimum absolute atomic E-state index is 0.0145. The fourth-order valence-electron chi connectivity index (χ4n) is 3.37. The first kappa shape index (κ1) is 18.9. The standard InChI is InChI=1S/C20H31FN2O/c1-4-16-6-5-13-23(14-16)20(2,3)15-22-19(24)12-9-17-7-10-18(21)11-8-17/h7-8,10-11,16H,4-6,9,12-15H2,1-3H3,(H,22,24). The van der Waals surface area contributed by atoms with Gasteiger partial charge >= 0.3 is 0 Å². The van der Waals surface area contributed by atoms with Crippen LogP contribution in [0, 0.1) is 11.7 Å². The van der Waals surface area contributed by atoms with Crippen molar-refractivity contribution < 1.29 is 9.18 Å². The van der Waals surface area contributed by atoms with Gasteiger partial charge in [0.15, 0.2) is 0 Å². The lowest BCUT2D eigenvalue weighted by Crippen LogP contribution is -2.54. The fourth-order valence-corrected chi connectivity index (χ4v) is 3.37. The average molecular weight is 334 g/mol. The quantitative estimate of drug-likeness (QED) is 0.823. The van der Waals surface area contributed by atoms with Crippen molar-refractivity contribution in [1.29, 1.82) is 0 Å². The number of nitrogens with one attached hydrogen (secondary N) is 1. The van der Waals surface area contributed by atoms with Gasteiger partial charge in [0.05, 0.1) is 0 Å². The molecule has 1 heterocycles. The maximum atomic E-state index is 12.9. The maximum Gasteiger partial charge on any atom is 0.220 e. The molecule has 0 aromatic heterocycles. The molecule has 1 aliphatic rings. The van der Waals surface area contributed by atoms with Crippen LogP contribution in [0.25, 0.3) is 0 Å². The molecular weight excluding hydrogens is 303 g/mol. The van der Waals surface area contributed by atoms with Crippen LogP contribution in [-0.2, 0) is 11.2 Å². The molecule has 1 unspecified atom stereocenters. The lowest BCUT2D eigenvalue weighted by Gasteiger charge is -2.43. The number of aryl methyl sites for hydroxylation is 1. The van der Waals surface area contributed by atoms with Crippen molar-refractivity contribution >= 4 is 5.91 Å². The number of rotatable bonds is 7. The number of nitrogens with zero attached hydrogens (tertiary/aromatic N) is 1. The average Bonchev–Trinajstić information content (AvgIpc) is 2.59. The van der Waals surface area contributed by atoms with Gasteiger partial charge in [0.1, 0.15) is 5.82 Å². The highest BCUT2D eigenvalue weighted by molar-refractivity contribution is 5.76. The van der Waals surface area contributed by atoms with E-state index in [1.807, 2.05) is 0 Å². The summed E-state index contributed by atoms with van der Waals surface area (Å²) in [7, 11) is 0. The molecule has 0 aliphatic carbocycles. The van der Waals surface area contributed by atoms with Crippen LogP contribution in [0.15, 0.2) is 24.3 Å². The van der Waals surface area contributed by atoms with Crippen molar-refractivity contribution in [2.75, 3.05) is 19.6 Å². The number of halogens is 1. The summed E-state index contributed by atoms with van der Waals surface area (Å²) in [5.41, 5.74) is 0.979. The van der Waals surface area contributed by atoms with Crippen molar-refractivity contribution in [3.8, 4) is 0 Å². The highest BCUT2D eigenvalue weighted by Gasteiger charge is 2.31.